The summed E-state index contributed by atoms with van der Waals surface area (Å²) in [6.45, 7) is 2.09. The Morgan fingerprint density at radius 3 is 3.18 bits per heavy atom. The molecule has 3 heteroatoms. The van der Waals surface area contributed by atoms with Crippen molar-refractivity contribution in [2.24, 2.45) is 0 Å². The molecule has 0 aliphatic heterocycles. The van der Waals surface area contributed by atoms with Crippen LogP contribution in [0.2, 0.25) is 0 Å². The summed E-state index contributed by atoms with van der Waals surface area (Å²) in [4.78, 5) is 4.09. The van der Waals surface area contributed by atoms with Crippen LogP contribution in [0.15, 0.2) is 24.5 Å². The fourth-order valence-corrected chi connectivity index (χ4v) is 1.04. The molecule has 2 aromatic heterocycles. The Morgan fingerprint density at radius 1 is 1.45 bits per heavy atom. The fourth-order valence-electron chi connectivity index (χ4n) is 1.04. The molecule has 0 unspecified atom stereocenters. The minimum Gasteiger partial charge on any atom is -0.236 e. The summed E-state index contributed by atoms with van der Waals surface area (Å²) in [7, 11) is 0. The van der Waals surface area contributed by atoms with Crippen LogP contribution in [0.25, 0.3) is 5.65 Å². The summed E-state index contributed by atoms with van der Waals surface area (Å²) in [5, 5.41) is 4.31. The molecule has 0 aromatic carbocycles. The monoisotopic (exact) mass is 147 g/mol. The predicted molar refractivity (Wildman–Crippen MR) is 42.4 cm³/mol. The summed E-state index contributed by atoms with van der Waals surface area (Å²) in [5.41, 5.74) is 2.00. The maximum atomic E-state index is 4.31. The van der Waals surface area contributed by atoms with E-state index in [0.717, 1.165) is 17.8 Å². The first-order valence-corrected chi connectivity index (χ1v) is 3.69. The van der Waals surface area contributed by atoms with Crippen molar-refractivity contribution in [1.29, 1.82) is 0 Å². The second-order valence-electron chi connectivity index (χ2n) is 2.41. The van der Waals surface area contributed by atoms with Gasteiger partial charge < -0.3 is 0 Å². The van der Waals surface area contributed by atoms with Gasteiger partial charge in [-0.1, -0.05) is 6.92 Å². The molecule has 0 aliphatic rings. The van der Waals surface area contributed by atoms with E-state index in [-0.39, 0.29) is 0 Å². The van der Waals surface area contributed by atoms with Gasteiger partial charge in [-0.15, -0.1) is 0 Å². The number of nitrogens with zero attached hydrogens (tertiary/aromatic N) is 3. The van der Waals surface area contributed by atoms with Gasteiger partial charge in [-0.3, -0.25) is 0 Å². The van der Waals surface area contributed by atoms with Gasteiger partial charge in [0.1, 0.15) is 0 Å². The van der Waals surface area contributed by atoms with Crippen molar-refractivity contribution < 1.29 is 0 Å². The lowest BCUT2D eigenvalue weighted by Crippen LogP contribution is -1.94. The van der Waals surface area contributed by atoms with Crippen molar-refractivity contribution in [1.82, 2.24) is 14.6 Å². The van der Waals surface area contributed by atoms with Crippen LogP contribution in [0.5, 0.6) is 0 Å². The average molecular weight is 147 g/mol. The van der Waals surface area contributed by atoms with Gasteiger partial charge in [-0.2, -0.15) is 5.10 Å². The number of hydrogen-bond acceptors (Lipinski definition) is 2. The van der Waals surface area contributed by atoms with E-state index in [1.54, 1.807) is 10.7 Å². The molecule has 3 nitrogen and oxygen atoms in total. The Balaban J connectivity index is 2.67. The van der Waals surface area contributed by atoms with Crippen LogP contribution >= 0.6 is 0 Å². The summed E-state index contributed by atoms with van der Waals surface area (Å²) >= 11 is 0. The molecule has 0 radical (unpaired) electrons. The molecule has 2 aromatic rings. The van der Waals surface area contributed by atoms with E-state index < -0.39 is 0 Å². The molecule has 0 spiro atoms. The number of hydrogen-bond donors (Lipinski definition) is 0. The standard InChI is InChI=1S/C8H9N3/c1-2-7-3-4-8-9-5-6-11(8)10-7/h3-6H,2H2,1H3. The number of aromatic nitrogens is 3. The molecule has 0 bridgehead atoms. The summed E-state index contributed by atoms with van der Waals surface area (Å²) in [6.07, 6.45) is 4.57. The Kier molecular flexibility index (Phi) is 1.35. The van der Waals surface area contributed by atoms with Gasteiger partial charge in [0.15, 0.2) is 5.65 Å². The molecule has 0 saturated carbocycles. The molecule has 0 fully saturated rings. The Morgan fingerprint density at radius 2 is 2.36 bits per heavy atom. The van der Waals surface area contributed by atoms with Gasteiger partial charge in [-0.25, -0.2) is 9.50 Å². The van der Waals surface area contributed by atoms with Crippen molar-refractivity contribution in [2.75, 3.05) is 0 Å². The zero-order chi connectivity index (χ0) is 7.68. The van der Waals surface area contributed by atoms with Crippen LogP contribution in [0, 0.1) is 0 Å². The Bertz CT molecular complexity index is 364. The zero-order valence-corrected chi connectivity index (χ0v) is 6.36. The topological polar surface area (TPSA) is 30.2 Å². The highest BCUT2D eigenvalue weighted by molar-refractivity contribution is 5.36. The Hall–Kier alpha value is -1.38. The third-order valence-corrected chi connectivity index (χ3v) is 1.67. The lowest BCUT2D eigenvalue weighted by Gasteiger charge is -1.95. The number of imidazole rings is 1. The molecule has 0 atom stereocenters. The second-order valence-corrected chi connectivity index (χ2v) is 2.41. The van der Waals surface area contributed by atoms with E-state index in [0.29, 0.717) is 0 Å². The minimum absolute atomic E-state index is 0.905. The molecule has 2 rings (SSSR count). The van der Waals surface area contributed by atoms with E-state index >= 15 is 0 Å². The highest BCUT2D eigenvalue weighted by Crippen LogP contribution is 2.00. The van der Waals surface area contributed by atoms with Crippen LogP contribution in [0.1, 0.15) is 12.6 Å². The summed E-state index contributed by atoms with van der Waals surface area (Å²) in [5.74, 6) is 0. The summed E-state index contributed by atoms with van der Waals surface area (Å²) < 4.78 is 1.79. The zero-order valence-electron chi connectivity index (χ0n) is 6.36. The van der Waals surface area contributed by atoms with Gasteiger partial charge >= 0.3 is 0 Å². The first kappa shape index (κ1) is 6.34. The average Bonchev–Trinajstić information content (AvgIpc) is 2.50. The van der Waals surface area contributed by atoms with Crippen LogP contribution < -0.4 is 0 Å². The first-order chi connectivity index (χ1) is 5.40. The van der Waals surface area contributed by atoms with Crippen molar-refractivity contribution in [3.63, 3.8) is 0 Å². The van der Waals surface area contributed by atoms with Crippen molar-refractivity contribution >= 4 is 5.65 Å². The molecule has 0 amide bonds. The number of fused-ring (bicyclic) bond motifs is 1. The van der Waals surface area contributed by atoms with Gasteiger partial charge in [0.25, 0.3) is 0 Å². The maximum Gasteiger partial charge on any atom is 0.153 e. The van der Waals surface area contributed by atoms with E-state index in [2.05, 4.69) is 17.0 Å². The molecular formula is C8H9N3. The molecule has 11 heavy (non-hydrogen) atoms. The van der Waals surface area contributed by atoms with Crippen LogP contribution in [0.4, 0.5) is 0 Å². The Labute approximate surface area is 64.7 Å². The largest absolute Gasteiger partial charge is 0.236 e. The summed E-state index contributed by atoms with van der Waals surface area (Å²) in [6, 6.07) is 3.98. The minimum atomic E-state index is 0.905. The number of aryl methyl sites for hydroxylation is 1. The lowest BCUT2D eigenvalue weighted by molar-refractivity contribution is 0.862. The highest BCUT2D eigenvalue weighted by atomic mass is 15.2. The van der Waals surface area contributed by atoms with Gasteiger partial charge in [0, 0.05) is 12.4 Å². The number of rotatable bonds is 1. The second kappa shape index (κ2) is 2.34. The first-order valence-electron chi connectivity index (χ1n) is 3.69. The smallest absolute Gasteiger partial charge is 0.153 e. The molecule has 0 aliphatic carbocycles. The van der Waals surface area contributed by atoms with Gasteiger partial charge in [0.2, 0.25) is 0 Å². The quantitative estimate of drug-likeness (QED) is 0.608. The highest BCUT2D eigenvalue weighted by Gasteiger charge is 1.94. The lowest BCUT2D eigenvalue weighted by atomic mass is 10.3. The molecule has 0 saturated heterocycles. The third kappa shape index (κ3) is 0.981. The SMILES string of the molecule is CCc1ccc2nccn2n1. The third-order valence-electron chi connectivity index (χ3n) is 1.67. The maximum absolute atomic E-state index is 4.31. The van der Waals surface area contributed by atoms with Crippen molar-refractivity contribution in [2.45, 2.75) is 13.3 Å². The van der Waals surface area contributed by atoms with Crippen LogP contribution in [-0.4, -0.2) is 14.6 Å². The van der Waals surface area contributed by atoms with E-state index in [4.69, 9.17) is 0 Å². The van der Waals surface area contributed by atoms with Crippen LogP contribution in [-0.2, 0) is 6.42 Å². The molecular weight excluding hydrogens is 138 g/mol. The van der Waals surface area contributed by atoms with E-state index in [1.807, 2.05) is 18.3 Å². The van der Waals surface area contributed by atoms with Crippen LogP contribution in [0.3, 0.4) is 0 Å². The molecule has 56 valence electrons. The van der Waals surface area contributed by atoms with Crippen molar-refractivity contribution in [3.05, 3.63) is 30.2 Å². The van der Waals surface area contributed by atoms with E-state index in [9.17, 15) is 0 Å². The fraction of sp³-hybridized carbons (Fsp3) is 0.250. The molecule has 2 heterocycles. The normalized spacial score (nSPS) is 10.6. The predicted octanol–water partition coefficient (Wildman–Crippen LogP) is 1.29. The van der Waals surface area contributed by atoms with Crippen molar-refractivity contribution in [3.8, 4) is 0 Å². The van der Waals surface area contributed by atoms with Gasteiger partial charge in [0.05, 0.1) is 5.69 Å². The molecule has 0 N–H and O–H groups in total. The van der Waals surface area contributed by atoms with E-state index in [1.165, 1.54) is 0 Å². The van der Waals surface area contributed by atoms with Gasteiger partial charge in [-0.05, 0) is 18.6 Å².